The lowest BCUT2D eigenvalue weighted by molar-refractivity contribution is -0.135. The highest BCUT2D eigenvalue weighted by atomic mass is 35.5. The number of ether oxygens (including phenoxy) is 1. The molecule has 0 bridgehead atoms. The van der Waals surface area contributed by atoms with Gasteiger partial charge in [-0.2, -0.15) is 0 Å². The second-order valence-electron chi connectivity index (χ2n) is 3.23. The van der Waals surface area contributed by atoms with Crippen LogP contribution in [0.2, 0.25) is 0 Å². The van der Waals surface area contributed by atoms with Crippen molar-refractivity contribution in [2.24, 2.45) is 0 Å². The second kappa shape index (κ2) is 4.29. The van der Waals surface area contributed by atoms with Crippen LogP contribution in [0.25, 0.3) is 0 Å². The van der Waals surface area contributed by atoms with Crippen molar-refractivity contribution in [3.05, 3.63) is 40.9 Å². The largest absolute Gasteiger partial charge is 0.442 e. The van der Waals surface area contributed by atoms with Crippen molar-refractivity contribution in [2.45, 2.75) is 17.3 Å². The minimum absolute atomic E-state index is 0.371. The monoisotopic (exact) mass is 240 g/mol. The van der Waals surface area contributed by atoms with Gasteiger partial charge in [-0.3, -0.25) is 0 Å². The van der Waals surface area contributed by atoms with Gasteiger partial charge in [0.2, 0.25) is 0 Å². The Balaban J connectivity index is 2.07. The summed E-state index contributed by atoms with van der Waals surface area (Å²) in [6, 6.07) is 7.99. The first-order chi connectivity index (χ1) is 7.15. The molecule has 2 rings (SSSR count). The number of thioether (sulfide) groups is 1. The molecule has 0 spiro atoms. The zero-order valence-corrected chi connectivity index (χ0v) is 9.64. The van der Waals surface area contributed by atoms with Crippen molar-refractivity contribution in [3.63, 3.8) is 0 Å². The van der Waals surface area contributed by atoms with E-state index >= 15 is 0 Å². The number of cyclic esters (lactones) is 1. The molecule has 0 aromatic heterocycles. The number of hydrogen-bond acceptors (Lipinski definition) is 3. The second-order valence-corrected chi connectivity index (χ2v) is 4.80. The molecule has 1 atom stereocenters. The third-order valence-corrected chi connectivity index (χ3v) is 3.51. The zero-order chi connectivity index (χ0) is 10.8. The summed E-state index contributed by atoms with van der Waals surface area (Å²) in [5.74, 6) is -0.371. The summed E-state index contributed by atoms with van der Waals surface area (Å²) in [6.07, 6.45) is 1.31. The van der Waals surface area contributed by atoms with Crippen molar-refractivity contribution in [2.75, 3.05) is 0 Å². The van der Waals surface area contributed by atoms with Crippen LogP contribution < -0.4 is 0 Å². The smallest absolute Gasteiger partial charge is 0.333 e. The van der Waals surface area contributed by atoms with Crippen LogP contribution in [-0.2, 0) is 9.53 Å². The molecule has 1 heterocycles. The Labute approximate surface area is 97.3 Å². The van der Waals surface area contributed by atoms with Gasteiger partial charge in [-0.15, -0.1) is 0 Å². The molecule has 0 amide bonds. The standard InChI is InChI=1S/C11H9ClO2S/c1-7-2-4-8(5-3-7)15-11-9(12)6-10(13)14-11/h2-6,11H,1H3. The number of carbonyl (C=O) groups is 1. The molecule has 0 radical (unpaired) electrons. The highest BCUT2D eigenvalue weighted by Crippen LogP contribution is 2.34. The van der Waals surface area contributed by atoms with Gasteiger partial charge in [0, 0.05) is 11.0 Å². The van der Waals surface area contributed by atoms with E-state index in [1.807, 2.05) is 31.2 Å². The van der Waals surface area contributed by atoms with Crippen molar-refractivity contribution < 1.29 is 9.53 Å². The normalized spacial score (nSPS) is 20.0. The molecular weight excluding hydrogens is 232 g/mol. The predicted octanol–water partition coefficient (Wildman–Crippen LogP) is 3.09. The summed E-state index contributed by atoms with van der Waals surface area (Å²) in [5, 5.41) is 0.450. The minimum Gasteiger partial charge on any atom is -0.442 e. The van der Waals surface area contributed by atoms with Gasteiger partial charge >= 0.3 is 5.97 Å². The molecule has 0 saturated carbocycles. The number of rotatable bonds is 2. The van der Waals surface area contributed by atoms with Crippen LogP contribution in [0, 0.1) is 6.92 Å². The van der Waals surface area contributed by atoms with Crippen molar-refractivity contribution in [1.29, 1.82) is 0 Å². The van der Waals surface area contributed by atoms with E-state index in [0.717, 1.165) is 4.90 Å². The van der Waals surface area contributed by atoms with Gasteiger partial charge in [-0.25, -0.2) is 4.79 Å². The maximum absolute atomic E-state index is 10.9. The van der Waals surface area contributed by atoms with Gasteiger partial charge in [-0.1, -0.05) is 41.1 Å². The van der Waals surface area contributed by atoms with E-state index in [-0.39, 0.29) is 11.4 Å². The number of benzene rings is 1. The first-order valence-corrected chi connectivity index (χ1v) is 5.72. The van der Waals surface area contributed by atoms with E-state index in [1.165, 1.54) is 23.4 Å². The maximum atomic E-state index is 10.9. The van der Waals surface area contributed by atoms with Crippen LogP contribution in [0.4, 0.5) is 0 Å². The Morgan fingerprint density at radius 3 is 2.53 bits per heavy atom. The van der Waals surface area contributed by atoms with E-state index in [2.05, 4.69) is 0 Å². The molecule has 0 N–H and O–H groups in total. The molecule has 2 nitrogen and oxygen atoms in total. The first-order valence-electron chi connectivity index (χ1n) is 4.46. The van der Waals surface area contributed by atoms with Crippen LogP contribution >= 0.6 is 23.4 Å². The van der Waals surface area contributed by atoms with Gasteiger partial charge in [0.05, 0.1) is 5.03 Å². The molecular formula is C11H9ClO2S. The molecule has 78 valence electrons. The van der Waals surface area contributed by atoms with E-state index in [0.29, 0.717) is 5.03 Å². The van der Waals surface area contributed by atoms with Crippen LogP contribution in [-0.4, -0.2) is 11.4 Å². The fraction of sp³-hybridized carbons (Fsp3) is 0.182. The Kier molecular flexibility index (Phi) is 3.03. The number of aryl methyl sites for hydroxylation is 1. The Morgan fingerprint density at radius 1 is 1.33 bits per heavy atom. The summed E-state index contributed by atoms with van der Waals surface area (Å²) < 4.78 is 5.01. The highest BCUT2D eigenvalue weighted by Gasteiger charge is 2.25. The quantitative estimate of drug-likeness (QED) is 0.743. The molecule has 15 heavy (non-hydrogen) atoms. The minimum atomic E-state index is -0.387. The lowest BCUT2D eigenvalue weighted by Gasteiger charge is -2.09. The van der Waals surface area contributed by atoms with E-state index in [1.54, 1.807) is 0 Å². The molecule has 1 unspecified atom stereocenters. The Bertz CT molecular complexity index is 411. The Hall–Kier alpha value is -0.930. The molecule has 0 saturated heterocycles. The number of esters is 1. The third-order valence-electron chi connectivity index (χ3n) is 1.97. The van der Waals surface area contributed by atoms with Crippen molar-refractivity contribution in [1.82, 2.24) is 0 Å². The lowest BCUT2D eigenvalue weighted by atomic mass is 10.2. The molecule has 1 aliphatic rings. The number of carbonyl (C=O) groups excluding carboxylic acids is 1. The van der Waals surface area contributed by atoms with Gasteiger partial charge < -0.3 is 4.74 Å². The van der Waals surface area contributed by atoms with E-state index in [9.17, 15) is 4.79 Å². The molecule has 1 aromatic carbocycles. The van der Waals surface area contributed by atoms with Gasteiger partial charge in [0.1, 0.15) is 0 Å². The van der Waals surface area contributed by atoms with Crippen LogP contribution in [0.3, 0.4) is 0 Å². The molecule has 1 aromatic rings. The summed E-state index contributed by atoms with van der Waals surface area (Å²) in [4.78, 5) is 11.9. The van der Waals surface area contributed by atoms with Crippen LogP contribution in [0.5, 0.6) is 0 Å². The summed E-state index contributed by atoms with van der Waals surface area (Å²) in [7, 11) is 0. The molecule has 0 aliphatic carbocycles. The van der Waals surface area contributed by atoms with Gasteiger partial charge in [-0.05, 0) is 19.1 Å². The molecule has 0 fully saturated rings. The third kappa shape index (κ3) is 2.55. The van der Waals surface area contributed by atoms with Crippen molar-refractivity contribution >= 4 is 29.3 Å². The highest BCUT2D eigenvalue weighted by molar-refractivity contribution is 8.00. The van der Waals surface area contributed by atoms with E-state index in [4.69, 9.17) is 16.3 Å². The fourth-order valence-electron chi connectivity index (χ4n) is 1.20. The average Bonchev–Trinajstić information content (AvgIpc) is 2.49. The summed E-state index contributed by atoms with van der Waals surface area (Å²) in [6.45, 7) is 2.02. The van der Waals surface area contributed by atoms with Gasteiger partial charge in [0.15, 0.2) is 5.44 Å². The Morgan fingerprint density at radius 2 is 2.00 bits per heavy atom. The zero-order valence-electron chi connectivity index (χ0n) is 8.07. The summed E-state index contributed by atoms with van der Waals surface area (Å²) >= 11 is 7.28. The number of hydrogen-bond donors (Lipinski definition) is 0. The molecule has 4 heteroatoms. The van der Waals surface area contributed by atoms with Crippen LogP contribution in [0.15, 0.2) is 40.3 Å². The lowest BCUT2D eigenvalue weighted by Crippen LogP contribution is -2.04. The SMILES string of the molecule is Cc1ccc(SC2OC(=O)C=C2Cl)cc1. The topological polar surface area (TPSA) is 26.3 Å². The fourth-order valence-corrected chi connectivity index (χ4v) is 2.33. The van der Waals surface area contributed by atoms with Gasteiger partial charge in [0.25, 0.3) is 0 Å². The average molecular weight is 241 g/mol. The summed E-state index contributed by atoms with van der Waals surface area (Å²) in [5.41, 5.74) is 0.811. The number of halogens is 1. The van der Waals surface area contributed by atoms with E-state index < -0.39 is 0 Å². The molecule has 1 aliphatic heterocycles. The van der Waals surface area contributed by atoms with Crippen molar-refractivity contribution in [3.8, 4) is 0 Å². The maximum Gasteiger partial charge on any atom is 0.333 e. The first kappa shape index (κ1) is 10.6. The van der Waals surface area contributed by atoms with Crippen LogP contribution in [0.1, 0.15) is 5.56 Å². The predicted molar refractivity (Wildman–Crippen MR) is 60.9 cm³/mol.